The second-order valence-corrected chi connectivity index (χ2v) is 9.36. The maximum atomic E-state index is 12.9. The standard InChI is InChI=1S/C19H20N2O2S/c22-24(23)18-7-6-13(14-3-2-8-20-10-14)9-16(18)17-11-21(12-19(17)24)15-4-1-5-15/h2-3,6-10,15,17,19H,1,4-5,11-12H2/t17-,19-/m0/s1. The Morgan fingerprint density at radius 3 is 2.67 bits per heavy atom. The maximum Gasteiger partial charge on any atom is 0.183 e. The Labute approximate surface area is 142 Å². The van der Waals surface area contributed by atoms with Gasteiger partial charge in [-0.25, -0.2) is 8.42 Å². The van der Waals surface area contributed by atoms with Crippen molar-refractivity contribution in [2.24, 2.45) is 0 Å². The molecular weight excluding hydrogens is 320 g/mol. The summed E-state index contributed by atoms with van der Waals surface area (Å²) in [4.78, 5) is 7.14. The molecule has 5 heteroatoms. The molecular formula is C19H20N2O2S. The molecule has 1 saturated heterocycles. The zero-order valence-corrected chi connectivity index (χ0v) is 14.2. The van der Waals surface area contributed by atoms with Crippen LogP contribution in [0.15, 0.2) is 47.6 Å². The van der Waals surface area contributed by atoms with Gasteiger partial charge in [-0.2, -0.15) is 0 Å². The van der Waals surface area contributed by atoms with E-state index >= 15 is 0 Å². The highest BCUT2D eigenvalue weighted by atomic mass is 32.2. The van der Waals surface area contributed by atoms with Crippen LogP contribution in [0.4, 0.5) is 0 Å². The molecule has 0 spiro atoms. The van der Waals surface area contributed by atoms with E-state index in [-0.39, 0.29) is 11.2 Å². The fraction of sp³-hybridized carbons (Fsp3) is 0.421. The van der Waals surface area contributed by atoms with Gasteiger partial charge in [-0.3, -0.25) is 9.88 Å². The average Bonchev–Trinajstić information content (AvgIpc) is 3.06. The van der Waals surface area contributed by atoms with Gasteiger partial charge in [-0.1, -0.05) is 18.6 Å². The predicted molar refractivity (Wildman–Crippen MR) is 92.6 cm³/mol. The molecule has 3 heterocycles. The van der Waals surface area contributed by atoms with Gasteiger partial charge in [0, 0.05) is 37.4 Å². The first-order valence-corrected chi connectivity index (χ1v) is 10.2. The summed E-state index contributed by atoms with van der Waals surface area (Å²) in [6, 6.07) is 10.3. The third-order valence-corrected chi connectivity index (χ3v) is 8.25. The molecule has 2 atom stereocenters. The number of likely N-dealkylation sites (tertiary alicyclic amines) is 1. The number of sulfone groups is 1. The number of pyridine rings is 1. The normalized spacial score (nSPS) is 28.3. The predicted octanol–water partition coefficient (Wildman–Crippen LogP) is 2.86. The molecule has 0 radical (unpaired) electrons. The summed E-state index contributed by atoms with van der Waals surface area (Å²) < 4.78 is 25.9. The van der Waals surface area contributed by atoms with Crippen LogP contribution < -0.4 is 0 Å². The van der Waals surface area contributed by atoms with E-state index in [1.165, 1.54) is 19.3 Å². The highest BCUT2D eigenvalue weighted by Crippen LogP contribution is 2.47. The lowest BCUT2D eigenvalue weighted by Gasteiger charge is -2.35. The molecule has 1 aromatic heterocycles. The molecule has 2 aromatic rings. The summed E-state index contributed by atoms with van der Waals surface area (Å²) in [5.41, 5.74) is 3.11. The average molecular weight is 340 g/mol. The fourth-order valence-corrected chi connectivity index (χ4v) is 6.62. The van der Waals surface area contributed by atoms with E-state index in [0.717, 1.165) is 23.2 Å². The van der Waals surface area contributed by atoms with Crippen molar-refractivity contribution in [1.29, 1.82) is 0 Å². The van der Waals surface area contributed by atoms with Crippen LogP contribution in [0.2, 0.25) is 0 Å². The van der Waals surface area contributed by atoms with Gasteiger partial charge in [0.15, 0.2) is 9.84 Å². The van der Waals surface area contributed by atoms with Crippen molar-refractivity contribution in [3.63, 3.8) is 0 Å². The smallest absolute Gasteiger partial charge is 0.183 e. The number of rotatable bonds is 2. The molecule has 1 aliphatic carbocycles. The summed E-state index contributed by atoms with van der Waals surface area (Å²) in [5, 5.41) is -0.253. The van der Waals surface area contributed by atoms with Gasteiger partial charge in [0.2, 0.25) is 0 Å². The van der Waals surface area contributed by atoms with E-state index in [9.17, 15) is 8.42 Å². The number of nitrogens with zero attached hydrogens (tertiary/aromatic N) is 2. The summed E-state index contributed by atoms with van der Waals surface area (Å²) in [5.74, 6) is 0.127. The van der Waals surface area contributed by atoms with Crippen LogP contribution in [0.25, 0.3) is 11.1 Å². The van der Waals surface area contributed by atoms with Crippen molar-refractivity contribution in [3.8, 4) is 11.1 Å². The van der Waals surface area contributed by atoms with Crippen molar-refractivity contribution in [2.45, 2.75) is 41.4 Å². The highest BCUT2D eigenvalue weighted by molar-refractivity contribution is 7.92. The highest BCUT2D eigenvalue weighted by Gasteiger charge is 2.51. The molecule has 3 aliphatic rings. The lowest BCUT2D eigenvalue weighted by molar-refractivity contribution is 0.157. The topological polar surface area (TPSA) is 50.3 Å². The van der Waals surface area contributed by atoms with Crippen LogP contribution >= 0.6 is 0 Å². The number of hydrogen-bond acceptors (Lipinski definition) is 4. The number of aromatic nitrogens is 1. The van der Waals surface area contributed by atoms with Crippen LogP contribution in [-0.2, 0) is 9.84 Å². The first-order chi connectivity index (χ1) is 11.6. The molecule has 2 aliphatic heterocycles. The number of hydrogen-bond donors (Lipinski definition) is 0. The van der Waals surface area contributed by atoms with E-state index in [1.807, 2.05) is 24.4 Å². The molecule has 24 heavy (non-hydrogen) atoms. The lowest BCUT2D eigenvalue weighted by Crippen LogP contribution is -2.39. The molecule has 124 valence electrons. The minimum Gasteiger partial charge on any atom is -0.298 e. The summed E-state index contributed by atoms with van der Waals surface area (Å²) >= 11 is 0. The third kappa shape index (κ3) is 2.01. The molecule has 5 rings (SSSR count). The summed E-state index contributed by atoms with van der Waals surface area (Å²) in [6.45, 7) is 1.59. The van der Waals surface area contributed by atoms with Gasteiger partial charge in [-0.15, -0.1) is 0 Å². The van der Waals surface area contributed by atoms with Gasteiger partial charge in [0.1, 0.15) is 0 Å². The van der Waals surface area contributed by atoms with E-state index < -0.39 is 9.84 Å². The molecule has 4 nitrogen and oxygen atoms in total. The Bertz CT molecular complexity index is 891. The summed E-state index contributed by atoms with van der Waals surface area (Å²) in [7, 11) is -3.19. The van der Waals surface area contributed by atoms with Crippen molar-refractivity contribution in [1.82, 2.24) is 9.88 Å². The third-order valence-electron chi connectivity index (χ3n) is 5.99. The van der Waals surface area contributed by atoms with Crippen molar-refractivity contribution in [3.05, 3.63) is 48.3 Å². The van der Waals surface area contributed by atoms with Crippen LogP contribution in [0.5, 0.6) is 0 Å². The van der Waals surface area contributed by atoms with Gasteiger partial charge in [-0.05, 0) is 47.7 Å². The van der Waals surface area contributed by atoms with E-state index in [2.05, 4.69) is 16.0 Å². The van der Waals surface area contributed by atoms with Crippen LogP contribution in [0.3, 0.4) is 0 Å². The lowest BCUT2D eigenvalue weighted by atomic mass is 9.91. The molecule has 1 aromatic carbocycles. The molecule has 0 amide bonds. The van der Waals surface area contributed by atoms with E-state index in [4.69, 9.17) is 0 Å². The first-order valence-electron chi connectivity index (χ1n) is 8.67. The Balaban J connectivity index is 1.56. The fourth-order valence-electron chi connectivity index (χ4n) is 4.44. The monoisotopic (exact) mass is 340 g/mol. The molecule has 0 N–H and O–H groups in total. The molecule has 0 unspecified atom stereocenters. The number of fused-ring (bicyclic) bond motifs is 3. The van der Waals surface area contributed by atoms with E-state index in [0.29, 0.717) is 17.5 Å². The minimum absolute atomic E-state index is 0.127. The van der Waals surface area contributed by atoms with Gasteiger partial charge in [0.05, 0.1) is 10.1 Å². The minimum atomic E-state index is -3.19. The van der Waals surface area contributed by atoms with Crippen LogP contribution in [0, 0.1) is 0 Å². The van der Waals surface area contributed by atoms with Crippen molar-refractivity contribution < 1.29 is 8.42 Å². The van der Waals surface area contributed by atoms with Crippen LogP contribution in [-0.4, -0.2) is 42.7 Å². The van der Waals surface area contributed by atoms with Crippen LogP contribution in [0.1, 0.15) is 30.7 Å². The Morgan fingerprint density at radius 1 is 1.08 bits per heavy atom. The second-order valence-electron chi connectivity index (χ2n) is 7.22. The van der Waals surface area contributed by atoms with E-state index in [1.54, 1.807) is 12.3 Å². The van der Waals surface area contributed by atoms with Gasteiger partial charge in [0.25, 0.3) is 0 Å². The first kappa shape index (κ1) is 14.6. The van der Waals surface area contributed by atoms with Gasteiger partial charge < -0.3 is 0 Å². The molecule has 2 fully saturated rings. The Morgan fingerprint density at radius 2 is 1.96 bits per heavy atom. The molecule has 1 saturated carbocycles. The van der Waals surface area contributed by atoms with Crippen molar-refractivity contribution in [2.75, 3.05) is 13.1 Å². The quantitative estimate of drug-likeness (QED) is 0.843. The zero-order valence-electron chi connectivity index (χ0n) is 13.4. The number of benzene rings is 1. The van der Waals surface area contributed by atoms with Gasteiger partial charge >= 0.3 is 0 Å². The zero-order chi connectivity index (χ0) is 16.3. The Kier molecular flexibility index (Phi) is 3.13. The molecule has 0 bridgehead atoms. The largest absolute Gasteiger partial charge is 0.298 e. The SMILES string of the molecule is O=S1(=O)c2ccc(-c3cccnc3)cc2[C@@H]2CN(C3CCC3)C[C@@H]21. The Hall–Kier alpha value is -1.72. The van der Waals surface area contributed by atoms with Crippen molar-refractivity contribution >= 4 is 9.84 Å². The summed E-state index contributed by atoms with van der Waals surface area (Å²) in [6.07, 6.45) is 7.32. The second kappa shape index (κ2) is 5.14. The maximum absolute atomic E-state index is 12.9.